The van der Waals surface area contributed by atoms with Crippen LogP contribution in [0.25, 0.3) is 10.9 Å². The van der Waals surface area contributed by atoms with Gasteiger partial charge in [0.25, 0.3) is 11.2 Å². The highest BCUT2D eigenvalue weighted by atomic mass is 16.6. The number of aromatic nitrogens is 2. The average molecular weight is 368 g/mol. The van der Waals surface area contributed by atoms with Crippen LogP contribution in [0.5, 0.6) is 5.75 Å². The third kappa shape index (κ3) is 3.76. The van der Waals surface area contributed by atoms with Crippen LogP contribution in [-0.4, -0.2) is 26.9 Å². The van der Waals surface area contributed by atoms with Gasteiger partial charge in [-0.1, -0.05) is 12.1 Å². The molecule has 3 aromatic rings. The minimum absolute atomic E-state index is 0.160. The van der Waals surface area contributed by atoms with Crippen LogP contribution in [0.1, 0.15) is 19.4 Å². The van der Waals surface area contributed by atoms with Crippen molar-refractivity contribution >= 4 is 22.8 Å². The summed E-state index contributed by atoms with van der Waals surface area (Å²) in [6.07, 6.45) is 1.02. The number of ether oxygens (including phenoxy) is 1. The number of aromatic amines is 1. The Labute approximate surface area is 152 Å². The fourth-order valence-corrected chi connectivity index (χ4v) is 2.49. The number of para-hydroxylation sites is 1. The second-order valence-electron chi connectivity index (χ2n) is 5.98. The molecule has 0 radical (unpaired) electrons. The number of benzene rings is 2. The van der Waals surface area contributed by atoms with Crippen molar-refractivity contribution in [1.82, 2.24) is 9.66 Å². The topological polar surface area (TPSA) is 120 Å². The summed E-state index contributed by atoms with van der Waals surface area (Å²) in [5, 5.41) is 15.3. The van der Waals surface area contributed by atoms with Crippen molar-refractivity contribution < 1.29 is 9.66 Å². The number of nitrogens with zero attached hydrogens (tertiary/aromatic N) is 3. The normalized spacial score (nSPS) is 11.4. The minimum Gasteiger partial charge on any atom is -0.490 e. The van der Waals surface area contributed by atoms with Crippen LogP contribution in [0.2, 0.25) is 0 Å². The number of H-pyrrole nitrogens is 1. The van der Waals surface area contributed by atoms with Crippen molar-refractivity contribution in [1.29, 1.82) is 0 Å². The van der Waals surface area contributed by atoms with Crippen molar-refractivity contribution in [3.05, 3.63) is 79.0 Å². The van der Waals surface area contributed by atoms with Gasteiger partial charge in [0.2, 0.25) is 0 Å². The zero-order valence-corrected chi connectivity index (χ0v) is 14.6. The first-order valence-electron chi connectivity index (χ1n) is 8.10. The van der Waals surface area contributed by atoms with Gasteiger partial charge in [-0.25, -0.2) is 4.79 Å². The molecular weight excluding hydrogens is 352 g/mol. The lowest BCUT2D eigenvalue weighted by molar-refractivity contribution is -0.384. The molecular formula is C18H16N4O5. The van der Waals surface area contributed by atoms with E-state index in [1.807, 2.05) is 0 Å². The van der Waals surface area contributed by atoms with Gasteiger partial charge in [-0.15, -0.1) is 4.68 Å². The molecule has 138 valence electrons. The fourth-order valence-electron chi connectivity index (χ4n) is 2.49. The van der Waals surface area contributed by atoms with Gasteiger partial charge in [0, 0.05) is 17.7 Å². The minimum atomic E-state index is -0.716. The summed E-state index contributed by atoms with van der Waals surface area (Å²) in [6.45, 7) is 3.61. The lowest BCUT2D eigenvalue weighted by Crippen LogP contribution is -2.32. The van der Waals surface area contributed by atoms with E-state index in [4.69, 9.17) is 4.74 Å². The molecule has 0 aliphatic rings. The second kappa shape index (κ2) is 7.24. The monoisotopic (exact) mass is 368 g/mol. The zero-order chi connectivity index (χ0) is 19.6. The Morgan fingerprint density at radius 3 is 2.67 bits per heavy atom. The molecule has 2 aromatic carbocycles. The van der Waals surface area contributed by atoms with E-state index in [0.717, 1.165) is 0 Å². The molecule has 9 heteroatoms. The SMILES string of the molecule is CC(C)Oc1ccc([N+](=O)[O-])cc1C=Nn1c(=O)[nH]c2ccccc2c1=O. The van der Waals surface area contributed by atoms with Crippen molar-refractivity contribution in [2.45, 2.75) is 20.0 Å². The van der Waals surface area contributed by atoms with Crippen molar-refractivity contribution in [3.8, 4) is 5.75 Å². The highest BCUT2D eigenvalue weighted by molar-refractivity contribution is 5.85. The number of nitrogens with one attached hydrogen (secondary N) is 1. The Hall–Kier alpha value is -3.75. The smallest absolute Gasteiger partial charge is 0.349 e. The first kappa shape index (κ1) is 18.1. The molecule has 0 saturated carbocycles. The molecule has 0 fully saturated rings. The Kier molecular flexibility index (Phi) is 4.84. The first-order chi connectivity index (χ1) is 12.9. The molecule has 0 atom stereocenters. The highest BCUT2D eigenvalue weighted by Crippen LogP contribution is 2.23. The van der Waals surface area contributed by atoms with E-state index in [9.17, 15) is 19.7 Å². The van der Waals surface area contributed by atoms with Gasteiger partial charge < -0.3 is 9.72 Å². The molecule has 0 bridgehead atoms. The predicted octanol–water partition coefficient (Wildman–Crippen LogP) is 2.27. The van der Waals surface area contributed by atoms with Crippen LogP contribution in [-0.2, 0) is 0 Å². The summed E-state index contributed by atoms with van der Waals surface area (Å²) in [5.74, 6) is 0.351. The third-order valence-electron chi connectivity index (χ3n) is 3.66. The van der Waals surface area contributed by atoms with Gasteiger partial charge >= 0.3 is 5.69 Å². The quantitative estimate of drug-likeness (QED) is 0.421. The van der Waals surface area contributed by atoms with Crippen molar-refractivity contribution in [3.63, 3.8) is 0 Å². The molecule has 0 aliphatic heterocycles. The molecule has 9 nitrogen and oxygen atoms in total. The van der Waals surface area contributed by atoms with E-state index < -0.39 is 16.2 Å². The molecule has 0 amide bonds. The number of nitro groups is 1. The number of hydrogen-bond acceptors (Lipinski definition) is 6. The van der Waals surface area contributed by atoms with Crippen molar-refractivity contribution in [2.24, 2.45) is 5.10 Å². The number of rotatable bonds is 5. The van der Waals surface area contributed by atoms with E-state index >= 15 is 0 Å². The lowest BCUT2D eigenvalue weighted by atomic mass is 10.2. The van der Waals surface area contributed by atoms with Gasteiger partial charge in [-0.2, -0.15) is 5.10 Å². The molecule has 27 heavy (non-hydrogen) atoms. The number of non-ortho nitro benzene ring substituents is 1. The largest absolute Gasteiger partial charge is 0.490 e. The standard InChI is InChI=1S/C18H16N4O5/c1-11(2)27-16-8-7-13(22(25)26)9-12(16)10-19-21-17(23)14-5-3-4-6-15(14)20-18(21)24/h3-11H,1-2H3,(H,20,24). The summed E-state index contributed by atoms with van der Waals surface area (Å²) < 4.78 is 6.28. The third-order valence-corrected chi connectivity index (χ3v) is 3.66. The van der Waals surface area contributed by atoms with Crippen molar-refractivity contribution in [2.75, 3.05) is 0 Å². The van der Waals surface area contributed by atoms with Crippen LogP contribution >= 0.6 is 0 Å². The summed E-state index contributed by atoms with van der Waals surface area (Å²) in [7, 11) is 0. The first-order valence-corrected chi connectivity index (χ1v) is 8.10. The van der Waals surface area contributed by atoms with Gasteiger partial charge in [0.05, 0.1) is 28.1 Å². The summed E-state index contributed by atoms with van der Waals surface area (Å²) in [6, 6.07) is 10.6. The van der Waals surface area contributed by atoms with Gasteiger partial charge in [-0.3, -0.25) is 14.9 Å². The Balaban J connectivity index is 2.12. The fraction of sp³-hybridized carbons (Fsp3) is 0.167. The number of nitro benzene ring substituents is 1. The molecule has 0 aliphatic carbocycles. The molecule has 1 N–H and O–H groups in total. The van der Waals surface area contributed by atoms with Crippen LogP contribution in [0.3, 0.4) is 0 Å². The Morgan fingerprint density at radius 2 is 1.96 bits per heavy atom. The van der Waals surface area contributed by atoms with E-state index in [2.05, 4.69) is 10.1 Å². The summed E-state index contributed by atoms with van der Waals surface area (Å²) in [4.78, 5) is 37.7. The number of hydrogen-bond donors (Lipinski definition) is 1. The maximum atomic E-state index is 12.5. The second-order valence-corrected chi connectivity index (χ2v) is 5.98. The molecule has 1 aromatic heterocycles. The summed E-state index contributed by atoms with van der Waals surface area (Å²) in [5.41, 5.74) is -0.795. The van der Waals surface area contributed by atoms with Crippen LogP contribution in [0.4, 0.5) is 5.69 Å². The van der Waals surface area contributed by atoms with Gasteiger partial charge in [0.1, 0.15) is 5.75 Å². The Morgan fingerprint density at radius 1 is 1.22 bits per heavy atom. The maximum Gasteiger partial charge on any atom is 0.349 e. The number of fused-ring (bicyclic) bond motifs is 1. The van der Waals surface area contributed by atoms with E-state index in [1.165, 1.54) is 24.4 Å². The maximum absolute atomic E-state index is 12.5. The molecule has 3 rings (SSSR count). The lowest BCUT2D eigenvalue weighted by Gasteiger charge is -2.11. The van der Waals surface area contributed by atoms with Crippen LogP contribution < -0.4 is 16.0 Å². The Bertz CT molecular complexity index is 1160. The molecule has 1 heterocycles. The van der Waals surface area contributed by atoms with E-state index in [-0.39, 0.29) is 17.4 Å². The van der Waals surface area contributed by atoms with Gasteiger partial charge in [0.15, 0.2) is 0 Å². The molecule has 0 unspecified atom stereocenters. The summed E-state index contributed by atoms with van der Waals surface area (Å²) >= 11 is 0. The van der Waals surface area contributed by atoms with E-state index in [1.54, 1.807) is 38.1 Å². The highest BCUT2D eigenvalue weighted by Gasteiger charge is 2.12. The zero-order valence-electron chi connectivity index (χ0n) is 14.6. The van der Waals surface area contributed by atoms with E-state index in [0.29, 0.717) is 21.3 Å². The van der Waals surface area contributed by atoms with Crippen LogP contribution in [0.15, 0.2) is 57.2 Å². The predicted molar refractivity (Wildman–Crippen MR) is 101 cm³/mol. The average Bonchev–Trinajstić information content (AvgIpc) is 2.62. The molecule has 0 spiro atoms. The molecule has 0 saturated heterocycles. The van der Waals surface area contributed by atoms with Crippen LogP contribution in [0, 0.1) is 10.1 Å². The van der Waals surface area contributed by atoms with Gasteiger partial charge in [-0.05, 0) is 32.0 Å².